The van der Waals surface area contributed by atoms with Crippen molar-refractivity contribution in [1.29, 1.82) is 0 Å². The van der Waals surface area contributed by atoms with Crippen LogP contribution in [0.5, 0.6) is 0 Å². The van der Waals surface area contributed by atoms with Crippen molar-refractivity contribution in [2.24, 2.45) is 0 Å². The van der Waals surface area contributed by atoms with Gasteiger partial charge in [-0.25, -0.2) is 13.5 Å². The first-order valence-electron chi connectivity index (χ1n) is 8.55. The quantitative estimate of drug-likeness (QED) is 0.935. The molecule has 1 N–H and O–H groups in total. The van der Waals surface area contributed by atoms with Crippen molar-refractivity contribution in [3.63, 3.8) is 0 Å². The number of rotatable bonds is 4. The lowest BCUT2D eigenvalue weighted by molar-refractivity contribution is 0.164. The van der Waals surface area contributed by atoms with Crippen molar-refractivity contribution in [3.05, 3.63) is 47.8 Å². The molecule has 2 unspecified atom stereocenters. The fourth-order valence-electron chi connectivity index (χ4n) is 4.02. The number of halogens is 2. The highest BCUT2D eigenvalue weighted by atomic mass is 19.1. The van der Waals surface area contributed by atoms with Gasteiger partial charge in [-0.15, -0.1) is 0 Å². The summed E-state index contributed by atoms with van der Waals surface area (Å²) in [5.41, 5.74) is 1.16. The van der Waals surface area contributed by atoms with Crippen molar-refractivity contribution >= 4 is 0 Å². The third-order valence-corrected chi connectivity index (χ3v) is 5.28. The Balaban J connectivity index is 1.45. The summed E-state index contributed by atoms with van der Waals surface area (Å²) in [5.74, 6) is -1.18. The SMILES string of the molecule is CN(Cc1ccn(-c2ccc(F)cc2F)n1)C1CC2CCC(C1)N2. The van der Waals surface area contributed by atoms with Crippen molar-refractivity contribution < 1.29 is 8.78 Å². The number of aromatic nitrogens is 2. The highest BCUT2D eigenvalue weighted by Gasteiger charge is 2.35. The molecule has 0 saturated carbocycles. The summed E-state index contributed by atoms with van der Waals surface area (Å²) in [4.78, 5) is 2.35. The van der Waals surface area contributed by atoms with Gasteiger partial charge in [-0.2, -0.15) is 5.10 Å². The van der Waals surface area contributed by atoms with Gasteiger partial charge in [0.2, 0.25) is 0 Å². The van der Waals surface area contributed by atoms with Crippen molar-refractivity contribution in [3.8, 4) is 5.69 Å². The third kappa shape index (κ3) is 3.08. The van der Waals surface area contributed by atoms with E-state index in [1.54, 1.807) is 6.20 Å². The first-order chi connectivity index (χ1) is 11.6. The summed E-state index contributed by atoms with van der Waals surface area (Å²) in [6.07, 6.45) is 6.66. The van der Waals surface area contributed by atoms with Crippen LogP contribution in [-0.4, -0.2) is 39.9 Å². The van der Waals surface area contributed by atoms with Gasteiger partial charge in [0.15, 0.2) is 5.82 Å². The van der Waals surface area contributed by atoms with Crippen LogP contribution in [0.3, 0.4) is 0 Å². The number of hydrogen-bond acceptors (Lipinski definition) is 3. The van der Waals surface area contributed by atoms with Crippen LogP contribution in [0.25, 0.3) is 5.69 Å². The van der Waals surface area contributed by atoms with Gasteiger partial charge in [0.05, 0.1) is 5.69 Å². The number of nitrogens with zero attached hydrogens (tertiary/aromatic N) is 3. The average molecular weight is 332 g/mol. The molecule has 4 rings (SSSR count). The Morgan fingerprint density at radius 3 is 2.67 bits per heavy atom. The van der Waals surface area contributed by atoms with Crippen LogP contribution in [0.1, 0.15) is 31.4 Å². The monoisotopic (exact) mass is 332 g/mol. The van der Waals surface area contributed by atoms with Crippen LogP contribution >= 0.6 is 0 Å². The Morgan fingerprint density at radius 1 is 1.21 bits per heavy atom. The van der Waals surface area contributed by atoms with Gasteiger partial charge in [-0.3, -0.25) is 4.90 Å². The summed E-state index contributed by atoms with van der Waals surface area (Å²) in [6, 6.07) is 7.31. The Morgan fingerprint density at radius 2 is 1.96 bits per heavy atom. The molecule has 3 heterocycles. The molecule has 2 aliphatic rings. The van der Waals surface area contributed by atoms with E-state index in [1.165, 1.54) is 42.5 Å². The second-order valence-electron chi connectivity index (χ2n) is 7.03. The molecule has 0 amide bonds. The topological polar surface area (TPSA) is 33.1 Å². The van der Waals surface area contributed by atoms with E-state index >= 15 is 0 Å². The maximum absolute atomic E-state index is 13.9. The number of fused-ring (bicyclic) bond motifs is 2. The average Bonchev–Trinajstić information content (AvgIpc) is 3.13. The second kappa shape index (κ2) is 6.26. The highest BCUT2D eigenvalue weighted by molar-refractivity contribution is 5.33. The molecular weight excluding hydrogens is 310 g/mol. The standard InChI is InChI=1S/C18H22F2N4/c1-23(16-9-13-3-4-14(10-16)21-13)11-15-6-7-24(22-15)18-5-2-12(19)8-17(18)20/h2,5-8,13-14,16,21H,3-4,9-11H2,1H3. The molecule has 2 aromatic rings. The largest absolute Gasteiger partial charge is 0.311 e. The smallest absolute Gasteiger partial charge is 0.151 e. The number of piperidine rings is 1. The maximum atomic E-state index is 13.9. The summed E-state index contributed by atoms with van der Waals surface area (Å²) < 4.78 is 28.4. The van der Waals surface area contributed by atoms with E-state index in [9.17, 15) is 8.78 Å². The molecule has 2 atom stereocenters. The van der Waals surface area contributed by atoms with Crippen molar-refractivity contribution in [2.45, 2.75) is 50.4 Å². The molecule has 2 fully saturated rings. The number of hydrogen-bond donors (Lipinski definition) is 1. The van der Waals surface area contributed by atoms with E-state index in [4.69, 9.17) is 0 Å². The van der Waals surface area contributed by atoms with Gasteiger partial charge < -0.3 is 5.32 Å². The first-order valence-corrected chi connectivity index (χ1v) is 8.55. The van der Waals surface area contributed by atoms with Gasteiger partial charge in [0, 0.05) is 36.9 Å². The fourth-order valence-corrected chi connectivity index (χ4v) is 4.02. The fraction of sp³-hybridized carbons (Fsp3) is 0.500. The molecule has 2 saturated heterocycles. The Bertz CT molecular complexity index is 718. The Labute approximate surface area is 140 Å². The lowest BCUT2D eigenvalue weighted by atomic mass is 9.98. The van der Waals surface area contributed by atoms with Crippen LogP contribution in [0.2, 0.25) is 0 Å². The first kappa shape index (κ1) is 15.7. The van der Waals surface area contributed by atoms with E-state index in [1.807, 2.05) is 6.07 Å². The van der Waals surface area contributed by atoms with Crippen LogP contribution in [0, 0.1) is 11.6 Å². The van der Waals surface area contributed by atoms with Gasteiger partial charge in [0.25, 0.3) is 0 Å². The Hall–Kier alpha value is -1.79. The van der Waals surface area contributed by atoms with Gasteiger partial charge in [-0.05, 0) is 50.9 Å². The maximum Gasteiger partial charge on any atom is 0.151 e. The normalized spacial score (nSPS) is 26.2. The zero-order valence-electron chi connectivity index (χ0n) is 13.8. The number of nitrogens with one attached hydrogen (secondary N) is 1. The molecule has 0 spiro atoms. The molecule has 0 radical (unpaired) electrons. The van der Waals surface area contributed by atoms with Crippen LogP contribution in [-0.2, 0) is 6.54 Å². The molecule has 24 heavy (non-hydrogen) atoms. The highest BCUT2D eigenvalue weighted by Crippen LogP contribution is 2.29. The van der Waals surface area contributed by atoms with Gasteiger partial charge in [-0.1, -0.05) is 0 Å². The summed E-state index contributed by atoms with van der Waals surface area (Å²) in [6.45, 7) is 0.736. The van der Waals surface area contributed by atoms with Crippen LogP contribution in [0.15, 0.2) is 30.5 Å². The van der Waals surface area contributed by atoms with E-state index in [0.717, 1.165) is 18.3 Å². The Kier molecular flexibility index (Phi) is 4.10. The van der Waals surface area contributed by atoms with Gasteiger partial charge >= 0.3 is 0 Å². The minimum atomic E-state index is -0.604. The van der Waals surface area contributed by atoms with E-state index < -0.39 is 11.6 Å². The predicted molar refractivity (Wildman–Crippen MR) is 87.9 cm³/mol. The predicted octanol–water partition coefficient (Wildman–Crippen LogP) is 2.87. The minimum absolute atomic E-state index is 0.269. The van der Waals surface area contributed by atoms with Crippen LogP contribution < -0.4 is 5.32 Å². The minimum Gasteiger partial charge on any atom is -0.311 e. The lowest BCUT2D eigenvalue weighted by Gasteiger charge is -2.35. The number of benzene rings is 1. The zero-order chi connectivity index (χ0) is 16.7. The molecule has 4 nitrogen and oxygen atoms in total. The molecule has 1 aromatic heterocycles. The van der Waals surface area contributed by atoms with Crippen LogP contribution in [0.4, 0.5) is 8.78 Å². The molecular formula is C18H22F2N4. The molecule has 2 aliphatic heterocycles. The van der Waals surface area contributed by atoms with E-state index in [-0.39, 0.29) is 5.69 Å². The molecule has 0 aliphatic carbocycles. The molecule has 2 bridgehead atoms. The molecule has 128 valence electrons. The van der Waals surface area contributed by atoms with E-state index in [2.05, 4.69) is 22.4 Å². The molecule has 6 heteroatoms. The lowest BCUT2D eigenvalue weighted by Crippen LogP contribution is -2.46. The van der Waals surface area contributed by atoms with Crippen molar-refractivity contribution in [1.82, 2.24) is 20.0 Å². The summed E-state index contributed by atoms with van der Waals surface area (Å²) >= 11 is 0. The second-order valence-corrected chi connectivity index (χ2v) is 7.03. The summed E-state index contributed by atoms with van der Waals surface area (Å²) in [5, 5.41) is 8.11. The summed E-state index contributed by atoms with van der Waals surface area (Å²) in [7, 11) is 2.13. The third-order valence-electron chi connectivity index (χ3n) is 5.28. The van der Waals surface area contributed by atoms with Crippen molar-refractivity contribution in [2.75, 3.05) is 7.05 Å². The zero-order valence-corrected chi connectivity index (χ0v) is 13.8. The van der Waals surface area contributed by atoms with E-state index in [0.29, 0.717) is 18.1 Å². The van der Waals surface area contributed by atoms with Gasteiger partial charge in [0.1, 0.15) is 11.5 Å². The molecule has 1 aromatic carbocycles.